The lowest BCUT2D eigenvalue weighted by Gasteiger charge is -2.34. The van der Waals surface area contributed by atoms with E-state index in [4.69, 9.17) is 17.3 Å². The van der Waals surface area contributed by atoms with E-state index in [1.165, 1.54) is 22.8 Å². The minimum atomic E-state index is -2.24. The first-order chi connectivity index (χ1) is 14.8. The van der Waals surface area contributed by atoms with Crippen LogP contribution in [0.2, 0.25) is 5.02 Å². The Hall–Kier alpha value is -2.95. The average Bonchev–Trinajstić information content (AvgIpc) is 2.77. The number of hydrogen-bond donors (Lipinski definition) is 1. The van der Waals surface area contributed by atoms with Gasteiger partial charge >= 0.3 is 0 Å². The maximum Gasteiger partial charge on any atom is 0.262 e. The summed E-state index contributed by atoms with van der Waals surface area (Å²) >= 11 is 6.02. The predicted molar refractivity (Wildman–Crippen MR) is 120 cm³/mol. The Balaban J connectivity index is 1.97. The number of allylic oxidation sites excluding steroid dienone is 4. The number of nitrogens with two attached hydrogens (primary N) is 1. The van der Waals surface area contributed by atoms with Crippen molar-refractivity contribution < 1.29 is 4.39 Å². The van der Waals surface area contributed by atoms with Gasteiger partial charge in [0.25, 0.3) is 5.56 Å². The van der Waals surface area contributed by atoms with Crippen molar-refractivity contribution >= 4 is 17.5 Å². The molecule has 0 spiro atoms. The minimum Gasteiger partial charge on any atom is -0.342 e. The maximum atomic E-state index is 16.5. The molecule has 1 aliphatic carbocycles. The molecule has 31 heavy (non-hydrogen) atoms. The number of benzene rings is 1. The Bertz CT molecular complexity index is 1140. The highest BCUT2D eigenvalue weighted by Gasteiger charge is 2.44. The van der Waals surface area contributed by atoms with Gasteiger partial charge in [0.1, 0.15) is 11.6 Å². The second kappa shape index (κ2) is 8.29. The molecule has 6 nitrogen and oxygen atoms in total. The van der Waals surface area contributed by atoms with Crippen LogP contribution in [0.1, 0.15) is 18.5 Å². The Morgan fingerprint density at radius 1 is 1.26 bits per heavy atom. The second-order valence-electron chi connectivity index (χ2n) is 7.95. The molecular weight excluding hydrogens is 417 g/mol. The van der Waals surface area contributed by atoms with Gasteiger partial charge in [0.15, 0.2) is 5.67 Å². The number of hydrogen-bond acceptors (Lipinski definition) is 5. The SMILES string of the molecule is Cn1c(N2CCC(N)CC2)nc(C2(F)C=CC=CC2C#N)c(-c2ccc(Cl)cc2)c1=O. The first-order valence-electron chi connectivity index (χ1n) is 10.2. The summed E-state index contributed by atoms with van der Waals surface area (Å²) in [6, 6.07) is 8.72. The number of piperidine rings is 1. The largest absolute Gasteiger partial charge is 0.342 e. The highest BCUT2D eigenvalue weighted by atomic mass is 35.5. The van der Waals surface area contributed by atoms with E-state index in [2.05, 4.69) is 4.98 Å². The summed E-state index contributed by atoms with van der Waals surface area (Å²) in [4.78, 5) is 20.2. The van der Waals surface area contributed by atoms with E-state index in [0.29, 0.717) is 29.6 Å². The molecule has 0 radical (unpaired) electrons. The zero-order chi connectivity index (χ0) is 22.2. The van der Waals surface area contributed by atoms with Crippen molar-refractivity contribution in [2.24, 2.45) is 18.7 Å². The van der Waals surface area contributed by atoms with Gasteiger partial charge in [-0.25, -0.2) is 9.37 Å². The minimum absolute atomic E-state index is 0.0602. The Kier molecular flexibility index (Phi) is 5.69. The van der Waals surface area contributed by atoms with Crippen LogP contribution in [-0.2, 0) is 12.7 Å². The third kappa shape index (κ3) is 3.78. The lowest BCUT2D eigenvalue weighted by Crippen LogP contribution is -2.43. The van der Waals surface area contributed by atoms with Crippen molar-refractivity contribution in [3.05, 3.63) is 69.6 Å². The van der Waals surface area contributed by atoms with Crippen LogP contribution in [-0.4, -0.2) is 28.7 Å². The Morgan fingerprint density at radius 2 is 1.94 bits per heavy atom. The highest BCUT2D eigenvalue weighted by Crippen LogP contribution is 2.42. The topological polar surface area (TPSA) is 87.9 Å². The van der Waals surface area contributed by atoms with Crippen LogP contribution in [0, 0.1) is 17.2 Å². The van der Waals surface area contributed by atoms with E-state index in [-0.39, 0.29) is 22.9 Å². The van der Waals surface area contributed by atoms with Crippen LogP contribution < -0.4 is 16.2 Å². The molecule has 2 heterocycles. The van der Waals surface area contributed by atoms with Gasteiger partial charge in [0.05, 0.1) is 11.6 Å². The smallest absolute Gasteiger partial charge is 0.262 e. The highest BCUT2D eigenvalue weighted by molar-refractivity contribution is 6.30. The molecule has 2 atom stereocenters. The zero-order valence-electron chi connectivity index (χ0n) is 17.1. The molecule has 2 aromatic rings. The van der Waals surface area contributed by atoms with E-state index in [1.807, 2.05) is 11.0 Å². The van der Waals surface area contributed by atoms with Gasteiger partial charge in [-0.1, -0.05) is 42.0 Å². The van der Waals surface area contributed by atoms with E-state index in [0.717, 1.165) is 12.8 Å². The number of alkyl halides is 1. The van der Waals surface area contributed by atoms with Gasteiger partial charge in [0.2, 0.25) is 5.95 Å². The van der Waals surface area contributed by atoms with Gasteiger partial charge in [-0.15, -0.1) is 0 Å². The molecule has 2 unspecified atom stereocenters. The summed E-state index contributed by atoms with van der Waals surface area (Å²) in [5.74, 6) is -0.730. The molecule has 1 aliphatic heterocycles. The van der Waals surface area contributed by atoms with Gasteiger partial charge in [-0.3, -0.25) is 9.36 Å². The molecular formula is C23H23ClFN5O. The van der Waals surface area contributed by atoms with Crippen molar-refractivity contribution in [3.63, 3.8) is 0 Å². The Labute approximate surface area is 185 Å². The van der Waals surface area contributed by atoms with Crippen LogP contribution in [0.25, 0.3) is 11.1 Å². The van der Waals surface area contributed by atoms with E-state index in [1.54, 1.807) is 37.4 Å². The molecule has 0 amide bonds. The van der Waals surface area contributed by atoms with Crippen molar-refractivity contribution in [2.75, 3.05) is 18.0 Å². The number of halogens is 2. The molecule has 2 N–H and O–H groups in total. The maximum absolute atomic E-state index is 16.5. The van der Waals surface area contributed by atoms with Crippen LogP contribution in [0.3, 0.4) is 0 Å². The van der Waals surface area contributed by atoms with Gasteiger partial charge in [-0.05, 0) is 36.6 Å². The van der Waals surface area contributed by atoms with Crippen molar-refractivity contribution in [3.8, 4) is 17.2 Å². The summed E-state index contributed by atoms with van der Waals surface area (Å²) in [5.41, 5.74) is 3.96. The number of rotatable bonds is 3. The summed E-state index contributed by atoms with van der Waals surface area (Å²) < 4.78 is 17.9. The molecule has 1 aromatic carbocycles. The first kappa shape index (κ1) is 21.3. The molecule has 1 aromatic heterocycles. The fourth-order valence-electron chi connectivity index (χ4n) is 4.10. The third-order valence-corrected chi connectivity index (χ3v) is 6.18. The summed E-state index contributed by atoms with van der Waals surface area (Å²) in [6.45, 7) is 1.25. The monoisotopic (exact) mass is 439 g/mol. The molecule has 0 bridgehead atoms. The van der Waals surface area contributed by atoms with Crippen molar-refractivity contribution in [1.82, 2.24) is 9.55 Å². The van der Waals surface area contributed by atoms with E-state index < -0.39 is 11.6 Å². The number of aromatic nitrogens is 2. The summed E-state index contributed by atoms with van der Waals surface area (Å²) in [6.07, 6.45) is 7.48. The molecule has 2 aliphatic rings. The average molecular weight is 440 g/mol. The zero-order valence-corrected chi connectivity index (χ0v) is 17.9. The molecule has 1 saturated heterocycles. The standard InChI is InChI=1S/C23H23ClFN5O/c1-29-21(31)19(15-5-7-17(24)8-6-15)20(23(25)11-3-2-4-16(23)14-26)28-22(29)30-12-9-18(27)10-13-30/h2-8,11,16,18H,9-10,12-13,27H2,1H3. The van der Waals surface area contributed by atoms with Crippen molar-refractivity contribution in [2.45, 2.75) is 24.6 Å². The number of nitrogens with zero attached hydrogens (tertiary/aromatic N) is 4. The number of anilines is 1. The van der Waals surface area contributed by atoms with E-state index >= 15 is 4.39 Å². The predicted octanol–water partition coefficient (Wildman–Crippen LogP) is 3.46. The molecule has 4 rings (SSSR count). The van der Waals surface area contributed by atoms with E-state index in [9.17, 15) is 10.1 Å². The van der Waals surface area contributed by atoms with Crippen LogP contribution in [0.4, 0.5) is 10.3 Å². The molecule has 160 valence electrons. The number of nitriles is 1. The summed E-state index contributed by atoms with van der Waals surface area (Å²) in [5, 5.41) is 10.1. The molecule has 8 heteroatoms. The lowest BCUT2D eigenvalue weighted by atomic mass is 9.81. The second-order valence-corrected chi connectivity index (χ2v) is 8.39. The van der Waals surface area contributed by atoms with Gasteiger partial charge in [-0.2, -0.15) is 5.26 Å². The first-order valence-corrected chi connectivity index (χ1v) is 10.6. The van der Waals surface area contributed by atoms with Gasteiger partial charge in [0, 0.05) is 31.2 Å². The van der Waals surface area contributed by atoms with Crippen LogP contribution in [0.5, 0.6) is 0 Å². The van der Waals surface area contributed by atoms with Crippen LogP contribution >= 0.6 is 11.6 Å². The fourth-order valence-corrected chi connectivity index (χ4v) is 4.23. The normalized spacial score (nSPS) is 23.7. The lowest BCUT2D eigenvalue weighted by molar-refractivity contribution is 0.190. The fraction of sp³-hybridized carbons (Fsp3) is 0.348. The third-order valence-electron chi connectivity index (χ3n) is 5.93. The Morgan fingerprint density at radius 3 is 2.58 bits per heavy atom. The van der Waals surface area contributed by atoms with Crippen LogP contribution in [0.15, 0.2) is 53.4 Å². The quantitative estimate of drug-likeness (QED) is 0.791. The molecule has 1 fully saturated rings. The van der Waals surface area contributed by atoms with Crippen molar-refractivity contribution in [1.29, 1.82) is 5.26 Å². The molecule has 0 saturated carbocycles. The van der Waals surface area contributed by atoms with Gasteiger partial charge < -0.3 is 10.6 Å². The summed E-state index contributed by atoms with van der Waals surface area (Å²) in [7, 11) is 1.63.